The zero-order chi connectivity index (χ0) is 19.3. The minimum atomic E-state index is -0.382. The average Bonchev–Trinajstić information content (AvgIpc) is 3.35. The fourth-order valence-electron chi connectivity index (χ4n) is 5.52. The van der Waals surface area contributed by atoms with Crippen LogP contribution in [0, 0.1) is 17.8 Å². The molecule has 5 nitrogen and oxygen atoms in total. The standard InChI is InChI=1S/C23H36N2O3/c1-27-23-6-4-21(5-7-23)25-11-9-24(10-12-25)16-22(26)17-28-13-8-20-15-18-2-3-19(20)14-18/h4-7,18-20,22,26H,2-3,8-17H2,1H3. The van der Waals surface area contributed by atoms with Gasteiger partial charge in [0.05, 0.1) is 19.8 Å². The molecule has 3 fully saturated rings. The summed E-state index contributed by atoms with van der Waals surface area (Å²) in [5.74, 6) is 3.77. The van der Waals surface area contributed by atoms with Gasteiger partial charge in [-0.25, -0.2) is 0 Å². The molecule has 156 valence electrons. The molecule has 1 heterocycles. The Labute approximate surface area is 169 Å². The molecule has 2 aliphatic carbocycles. The lowest BCUT2D eigenvalue weighted by Crippen LogP contribution is -2.49. The van der Waals surface area contributed by atoms with Crippen molar-refractivity contribution in [2.75, 3.05) is 57.9 Å². The third-order valence-electron chi connectivity index (χ3n) is 7.11. The van der Waals surface area contributed by atoms with Crippen LogP contribution in [0.25, 0.3) is 0 Å². The van der Waals surface area contributed by atoms with Gasteiger partial charge in [0.25, 0.3) is 0 Å². The number of hydrogen-bond donors (Lipinski definition) is 1. The number of benzene rings is 1. The molecular formula is C23H36N2O3. The number of ether oxygens (including phenoxy) is 2. The third kappa shape index (κ3) is 5.00. The van der Waals surface area contributed by atoms with Crippen molar-refractivity contribution in [2.24, 2.45) is 17.8 Å². The number of nitrogens with zero attached hydrogens (tertiary/aromatic N) is 2. The maximum Gasteiger partial charge on any atom is 0.119 e. The summed E-state index contributed by atoms with van der Waals surface area (Å²) in [5, 5.41) is 10.3. The lowest BCUT2D eigenvalue weighted by molar-refractivity contribution is 0.0100. The Kier molecular flexibility index (Phi) is 6.76. The highest BCUT2D eigenvalue weighted by Gasteiger charge is 2.38. The minimum absolute atomic E-state index is 0.382. The minimum Gasteiger partial charge on any atom is -0.497 e. The van der Waals surface area contributed by atoms with Crippen molar-refractivity contribution in [3.05, 3.63) is 24.3 Å². The van der Waals surface area contributed by atoms with Crippen molar-refractivity contribution in [1.82, 2.24) is 4.90 Å². The van der Waals surface area contributed by atoms with Gasteiger partial charge in [-0.3, -0.25) is 4.90 Å². The van der Waals surface area contributed by atoms with Crippen LogP contribution < -0.4 is 9.64 Å². The molecular weight excluding hydrogens is 352 g/mol. The van der Waals surface area contributed by atoms with Gasteiger partial charge in [-0.1, -0.05) is 6.42 Å². The molecule has 0 amide bonds. The van der Waals surface area contributed by atoms with Crippen LogP contribution in [0.2, 0.25) is 0 Å². The second-order valence-corrected chi connectivity index (χ2v) is 8.94. The van der Waals surface area contributed by atoms with Gasteiger partial charge in [-0.05, 0) is 67.7 Å². The first-order valence-corrected chi connectivity index (χ1v) is 11.1. The predicted molar refractivity (Wildman–Crippen MR) is 112 cm³/mol. The highest BCUT2D eigenvalue weighted by atomic mass is 16.5. The number of aliphatic hydroxyl groups excluding tert-OH is 1. The number of piperazine rings is 1. The molecule has 1 N–H and O–H groups in total. The molecule has 1 aromatic rings. The Morgan fingerprint density at radius 1 is 1.07 bits per heavy atom. The van der Waals surface area contributed by atoms with Gasteiger partial charge in [-0.2, -0.15) is 0 Å². The predicted octanol–water partition coefficient (Wildman–Crippen LogP) is 3.02. The molecule has 5 heteroatoms. The lowest BCUT2D eigenvalue weighted by Gasteiger charge is -2.37. The zero-order valence-corrected chi connectivity index (χ0v) is 17.3. The maximum atomic E-state index is 10.3. The summed E-state index contributed by atoms with van der Waals surface area (Å²) in [4.78, 5) is 4.75. The second-order valence-electron chi connectivity index (χ2n) is 8.94. The third-order valence-corrected chi connectivity index (χ3v) is 7.11. The van der Waals surface area contributed by atoms with Gasteiger partial charge >= 0.3 is 0 Å². The number of β-amino-alcohol motifs (C(OH)–C–C–N with tert-alkyl or cyclic N) is 1. The number of rotatable bonds is 9. The smallest absolute Gasteiger partial charge is 0.119 e. The van der Waals surface area contributed by atoms with Gasteiger partial charge in [-0.15, -0.1) is 0 Å². The largest absolute Gasteiger partial charge is 0.497 e. The quantitative estimate of drug-likeness (QED) is 0.659. The first-order chi connectivity index (χ1) is 13.7. The molecule has 4 unspecified atom stereocenters. The van der Waals surface area contributed by atoms with E-state index in [0.717, 1.165) is 56.3 Å². The summed E-state index contributed by atoms with van der Waals surface area (Å²) in [6, 6.07) is 8.26. The molecule has 0 radical (unpaired) electrons. The van der Waals surface area contributed by atoms with Gasteiger partial charge in [0.1, 0.15) is 5.75 Å². The lowest BCUT2D eigenvalue weighted by atomic mass is 9.87. The summed E-state index contributed by atoms with van der Waals surface area (Å²) < 4.78 is 11.1. The summed E-state index contributed by atoms with van der Waals surface area (Å²) in [6.45, 7) is 5.94. The average molecular weight is 389 g/mol. The molecule has 0 aromatic heterocycles. The summed E-state index contributed by atoms with van der Waals surface area (Å²) in [7, 11) is 1.70. The number of fused-ring (bicyclic) bond motifs is 2. The molecule has 28 heavy (non-hydrogen) atoms. The normalized spacial score (nSPS) is 28.6. The topological polar surface area (TPSA) is 45.2 Å². The number of anilines is 1. The van der Waals surface area contributed by atoms with Crippen LogP contribution in [-0.2, 0) is 4.74 Å². The van der Waals surface area contributed by atoms with Gasteiger partial charge < -0.3 is 19.5 Å². The first kappa shape index (κ1) is 20.0. The Morgan fingerprint density at radius 2 is 1.86 bits per heavy atom. The van der Waals surface area contributed by atoms with E-state index in [1.807, 2.05) is 12.1 Å². The molecule has 4 rings (SSSR count). The Bertz CT molecular complexity index is 600. The van der Waals surface area contributed by atoms with Crippen molar-refractivity contribution in [3.8, 4) is 5.75 Å². The molecule has 3 aliphatic rings. The SMILES string of the molecule is COc1ccc(N2CCN(CC(O)COCCC3CC4CCC3C4)CC2)cc1. The van der Waals surface area contributed by atoms with Gasteiger partial charge in [0.2, 0.25) is 0 Å². The van der Waals surface area contributed by atoms with E-state index >= 15 is 0 Å². The summed E-state index contributed by atoms with van der Waals surface area (Å²) in [6.07, 6.45) is 6.61. The Balaban J connectivity index is 1.10. The monoisotopic (exact) mass is 388 g/mol. The van der Waals surface area contributed by atoms with Crippen molar-refractivity contribution in [1.29, 1.82) is 0 Å². The molecule has 1 saturated heterocycles. The van der Waals surface area contributed by atoms with E-state index in [1.54, 1.807) is 7.11 Å². The molecule has 1 aliphatic heterocycles. The van der Waals surface area contributed by atoms with Crippen LogP contribution in [0.5, 0.6) is 5.75 Å². The zero-order valence-electron chi connectivity index (χ0n) is 17.3. The Hall–Kier alpha value is -1.30. The fraction of sp³-hybridized carbons (Fsp3) is 0.739. The van der Waals surface area contributed by atoms with Crippen LogP contribution in [-0.4, -0.2) is 69.2 Å². The van der Waals surface area contributed by atoms with E-state index in [1.165, 1.54) is 37.8 Å². The second kappa shape index (κ2) is 9.47. The van der Waals surface area contributed by atoms with E-state index in [-0.39, 0.29) is 6.10 Å². The van der Waals surface area contributed by atoms with Crippen molar-refractivity contribution < 1.29 is 14.6 Å². The highest BCUT2D eigenvalue weighted by Crippen LogP contribution is 2.49. The number of aliphatic hydroxyl groups is 1. The van der Waals surface area contributed by atoms with Gasteiger partial charge in [0, 0.05) is 45.0 Å². The van der Waals surface area contributed by atoms with Crippen molar-refractivity contribution >= 4 is 5.69 Å². The van der Waals surface area contributed by atoms with Gasteiger partial charge in [0.15, 0.2) is 0 Å². The maximum absolute atomic E-state index is 10.3. The molecule has 2 saturated carbocycles. The highest BCUT2D eigenvalue weighted by molar-refractivity contribution is 5.49. The first-order valence-electron chi connectivity index (χ1n) is 11.1. The van der Waals surface area contributed by atoms with Crippen LogP contribution >= 0.6 is 0 Å². The van der Waals surface area contributed by atoms with Crippen LogP contribution in [0.4, 0.5) is 5.69 Å². The molecule has 0 spiro atoms. The fourth-order valence-corrected chi connectivity index (χ4v) is 5.52. The van der Waals surface area contributed by atoms with E-state index < -0.39 is 0 Å². The molecule has 4 atom stereocenters. The van der Waals surface area contributed by atoms with Crippen LogP contribution in [0.3, 0.4) is 0 Å². The van der Waals surface area contributed by atoms with Crippen LogP contribution in [0.1, 0.15) is 32.1 Å². The number of methoxy groups -OCH3 is 1. The van der Waals surface area contributed by atoms with E-state index in [4.69, 9.17) is 9.47 Å². The summed E-state index contributed by atoms with van der Waals surface area (Å²) in [5.41, 5.74) is 1.24. The van der Waals surface area contributed by atoms with E-state index in [0.29, 0.717) is 13.2 Å². The summed E-state index contributed by atoms with van der Waals surface area (Å²) >= 11 is 0. The van der Waals surface area contributed by atoms with Crippen LogP contribution in [0.15, 0.2) is 24.3 Å². The van der Waals surface area contributed by atoms with Crippen molar-refractivity contribution in [2.45, 2.75) is 38.2 Å². The van der Waals surface area contributed by atoms with E-state index in [2.05, 4.69) is 21.9 Å². The number of hydrogen-bond acceptors (Lipinski definition) is 5. The van der Waals surface area contributed by atoms with E-state index in [9.17, 15) is 5.11 Å². The molecule has 2 bridgehead atoms. The molecule has 1 aromatic carbocycles. The Morgan fingerprint density at radius 3 is 2.50 bits per heavy atom. The van der Waals surface area contributed by atoms with Crippen molar-refractivity contribution in [3.63, 3.8) is 0 Å².